The molecule has 0 bridgehead atoms. The number of anilines is 2. The van der Waals surface area contributed by atoms with Crippen molar-refractivity contribution in [3.63, 3.8) is 0 Å². The molecule has 1 aromatic heterocycles. The van der Waals surface area contributed by atoms with E-state index in [-0.39, 0.29) is 10.9 Å². The molecular formula is C13H11Cl2N3O. The van der Waals surface area contributed by atoms with Crippen molar-refractivity contribution in [2.75, 3.05) is 11.1 Å². The molecule has 0 saturated carbocycles. The van der Waals surface area contributed by atoms with Gasteiger partial charge in [0.15, 0.2) is 0 Å². The summed E-state index contributed by atoms with van der Waals surface area (Å²) < 4.78 is 0. The van der Waals surface area contributed by atoms with Gasteiger partial charge in [-0.05, 0) is 36.8 Å². The quantitative estimate of drug-likeness (QED) is 0.890. The average Bonchev–Trinajstić information content (AvgIpc) is 2.33. The number of amides is 1. The molecule has 0 aliphatic heterocycles. The Balaban J connectivity index is 2.23. The standard InChI is InChI=1S/C13H11Cl2N3O/c1-7-4-12(17-6-11(7)16)18-13(19)9-3-2-8(14)5-10(9)15/h2-6H,16H2,1H3,(H,17,18,19). The molecule has 6 heteroatoms. The Morgan fingerprint density at radius 3 is 2.68 bits per heavy atom. The highest BCUT2D eigenvalue weighted by Crippen LogP contribution is 2.22. The average molecular weight is 296 g/mol. The van der Waals surface area contributed by atoms with Gasteiger partial charge in [0.25, 0.3) is 5.91 Å². The van der Waals surface area contributed by atoms with Crippen LogP contribution >= 0.6 is 23.2 Å². The molecule has 98 valence electrons. The molecule has 1 aromatic carbocycles. The number of pyridine rings is 1. The van der Waals surface area contributed by atoms with Crippen LogP contribution in [0.25, 0.3) is 0 Å². The van der Waals surface area contributed by atoms with Crippen molar-refractivity contribution in [2.24, 2.45) is 0 Å². The molecule has 0 aliphatic carbocycles. The zero-order chi connectivity index (χ0) is 14.0. The number of rotatable bonds is 2. The van der Waals surface area contributed by atoms with E-state index in [2.05, 4.69) is 10.3 Å². The van der Waals surface area contributed by atoms with Gasteiger partial charge in [-0.15, -0.1) is 0 Å². The van der Waals surface area contributed by atoms with Crippen LogP contribution in [0.4, 0.5) is 11.5 Å². The summed E-state index contributed by atoms with van der Waals surface area (Å²) in [6, 6.07) is 6.37. The number of carbonyl (C=O) groups excluding carboxylic acids is 1. The second kappa shape index (κ2) is 5.47. The summed E-state index contributed by atoms with van der Waals surface area (Å²) in [5.74, 6) is 0.0704. The number of nitrogens with one attached hydrogen (secondary N) is 1. The first kappa shape index (κ1) is 13.6. The highest BCUT2D eigenvalue weighted by Gasteiger charge is 2.11. The monoisotopic (exact) mass is 295 g/mol. The van der Waals surface area contributed by atoms with Crippen molar-refractivity contribution >= 4 is 40.6 Å². The van der Waals surface area contributed by atoms with Crippen molar-refractivity contribution in [1.29, 1.82) is 0 Å². The lowest BCUT2D eigenvalue weighted by Gasteiger charge is -2.08. The number of carbonyl (C=O) groups is 1. The van der Waals surface area contributed by atoms with Crippen LogP contribution in [0.15, 0.2) is 30.5 Å². The highest BCUT2D eigenvalue weighted by atomic mass is 35.5. The fourth-order valence-electron chi connectivity index (χ4n) is 1.49. The van der Waals surface area contributed by atoms with E-state index in [4.69, 9.17) is 28.9 Å². The Morgan fingerprint density at radius 2 is 2.05 bits per heavy atom. The summed E-state index contributed by atoms with van der Waals surface area (Å²) in [5, 5.41) is 3.42. The molecule has 0 unspecified atom stereocenters. The van der Waals surface area contributed by atoms with Crippen molar-refractivity contribution < 1.29 is 4.79 Å². The van der Waals surface area contributed by atoms with E-state index in [0.29, 0.717) is 22.1 Å². The highest BCUT2D eigenvalue weighted by molar-refractivity contribution is 6.37. The fourth-order valence-corrected chi connectivity index (χ4v) is 1.99. The lowest BCUT2D eigenvalue weighted by atomic mass is 10.2. The van der Waals surface area contributed by atoms with E-state index in [1.165, 1.54) is 12.3 Å². The summed E-state index contributed by atoms with van der Waals surface area (Å²) in [6.45, 7) is 1.84. The van der Waals surface area contributed by atoms with Gasteiger partial charge in [-0.3, -0.25) is 4.79 Å². The minimum absolute atomic E-state index is 0.289. The number of nitrogen functional groups attached to an aromatic ring is 1. The molecule has 4 nitrogen and oxygen atoms in total. The van der Waals surface area contributed by atoms with Gasteiger partial charge in [-0.2, -0.15) is 0 Å². The van der Waals surface area contributed by atoms with Gasteiger partial charge in [0.05, 0.1) is 22.5 Å². The summed E-state index contributed by atoms with van der Waals surface area (Å²) in [4.78, 5) is 16.1. The molecule has 0 saturated heterocycles. The van der Waals surface area contributed by atoms with E-state index in [1.54, 1.807) is 18.2 Å². The van der Waals surface area contributed by atoms with Gasteiger partial charge in [-0.25, -0.2) is 4.98 Å². The molecule has 2 rings (SSSR count). The van der Waals surface area contributed by atoms with Crippen molar-refractivity contribution in [1.82, 2.24) is 4.98 Å². The van der Waals surface area contributed by atoms with Gasteiger partial charge in [0.2, 0.25) is 0 Å². The number of benzene rings is 1. The first-order valence-electron chi connectivity index (χ1n) is 5.46. The number of nitrogens with two attached hydrogens (primary N) is 1. The van der Waals surface area contributed by atoms with Crippen molar-refractivity contribution in [3.8, 4) is 0 Å². The molecule has 1 heterocycles. The first-order chi connectivity index (χ1) is 8.97. The number of nitrogens with zero attached hydrogens (tertiary/aromatic N) is 1. The van der Waals surface area contributed by atoms with E-state index in [9.17, 15) is 4.79 Å². The van der Waals surface area contributed by atoms with Crippen LogP contribution < -0.4 is 11.1 Å². The largest absolute Gasteiger partial charge is 0.397 e. The predicted octanol–water partition coefficient (Wildman–Crippen LogP) is 3.53. The van der Waals surface area contributed by atoms with Crippen LogP contribution in [0.1, 0.15) is 15.9 Å². The number of hydrogen-bond donors (Lipinski definition) is 2. The molecule has 0 radical (unpaired) electrons. The minimum atomic E-state index is -0.349. The SMILES string of the molecule is Cc1cc(NC(=O)c2ccc(Cl)cc2Cl)ncc1N. The second-order valence-electron chi connectivity index (χ2n) is 4.00. The molecule has 0 aliphatic rings. The molecule has 3 N–H and O–H groups in total. The number of aromatic nitrogens is 1. The maximum Gasteiger partial charge on any atom is 0.258 e. The molecule has 1 amide bonds. The van der Waals surface area contributed by atoms with E-state index in [0.717, 1.165) is 5.56 Å². The first-order valence-corrected chi connectivity index (χ1v) is 6.21. The number of hydrogen-bond acceptors (Lipinski definition) is 3. The predicted molar refractivity (Wildman–Crippen MR) is 77.8 cm³/mol. The second-order valence-corrected chi connectivity index (χ2v) is 4.85. The molecule has 0 spiro atoms. The zero-order valence-corrected chi connectivity index (χ0v) is 11.6. The summed E-state index contributed by atoms with van der Waals surface area (Å²) in [5.41, 5.74) is 7.41. The molecule has 0 fully saturated rings. The van der Waals surface area contributed by atoms with Gasteiger partial charge in [0.1, 0.15) is 5.82 Å². The number of halogens is 2. The summed E-state index contributed by atoms with van der Waals surface area (Å²) in [6.07, 6.45) is 1.49. The Hall–Kier alpha value is -1.78. The van der Waals surface area contributed by atoms with E-state index in [1.807, 2.05) is 6.92 Å². The van der Waals surface area contributed by atoms with Crippen LogP contribution in [0, 0.1) is 6.92 Å². The maximum atomic E-state index is 12.0. The molecule has 0 atom stereocenters. The topological polar surface area (TPSA) is 68.0 Å². The van der Waals surface area contributed by atoms with Crippen LogP contribution in [-0.2, 0) is 0 Å². The van der Waals surface area contributed by atoms with Crippen LogP contribution in [0.5, 0.6) is 0 Å². The lowest BCUT2D eigenvalue weighted by Crippen LogP contribution is -2.13. The fraction of sp³-hybridized carbons (Fsp3) is 0.0769. The smallest absolute Gasteiger partial charge is 0.258 e. The van der Waals surface area contributed by atoms with Gasteiger partial charge in [0, 0.05) is 5.02 Å². The van der Waals surface area contributed by atoms with Crippen molar-refractivity contribution in [2.45, 2.75) is 6.92 Å². The van der Waals surface area contributed by atoms with Crippen LogP contribution in [-0.4, -0.2) is 10.9 Å². The Kier molecular flexibility index (Phi) is 3.93. The van der Waals surface area contributed by atoms with Gasteiger partial charge in [-0.1, -0.05) is 23.2 Å². The van der Waals surface area contributed by atoms with Gasteiger partial charge >= 0.3 is 0 Å². The third-order valence-electron chi connectivity index (χ3n) is 2.57. The third kappa shape index (κ3) is 3.16. The van der Waals surface area contributed by atoms with E-state index >= 15 is 0 Å². The molecule has 2 aromatic rings. The van der Waals surface area contributed by atoms with Crippen LogP contribution in [0.2, 0.25) is 10.0 Å². The normalized spacial score (nSPS) is 10.3. The summed E-state index contributed by atoms with van der Waals surface area (Å²) in [7, 11) is 0. The minimum Gasteiger partial charge on any atom is -0.397 e. The zero-order valence-electron chi connectivity index (χ0n) is 10.1. The van der Waals surface area contributed by atoms with Crippen molar-refractivity contribution in [3.05, 3.63) is 51.6 Å². The maximum absolute atomic E-state index is 12.0. The summed E-state index contributed by atoms with van der Waals surface area (Å²) >= 11 is 11.7. The number of aryl methyl sites for hydroxylation is 1. The Bertz CT molecular complexity index is 644. The van der Waals surface area contributed by atoms with Gasteiger partial charge < -0.3 is 11.1 Å². The van der Waals surface area contributed by atoms with Crippen LogP contribution in [0.3, 0.4) is 0 Å². The lowest BCUT2D eigenvalue weighted by molar-refractivity contribution is 0.102. The third-order valence-corrected chi connectivity index (χ3v) is 3.12. The Labute approximate surface area is 120 Å². The Morgan fingerprint density at radius 1 is 1.32 bits per heavy atom. The molecule has 19 heavy (non-hydrogen) atoms. The van der Waals surface area contributed by atoms with E-state index < -0.39 is 0 Å². The molecular weight excluding hydrogens is 285 g/mol.